The standard InChI is InChI=1S/C21H29N3O2/c1-14(13-24-18(5)11-17(4)23-24)12-22-21(26)9-8-20(25)19-7-6-15(2)16(3)10-19/h6-7,10-11,14H,8-9,12-13H2,1-5H3,(H,22,26). The molecule has 1 aromatic heterocycles. The van der Waals surface area contributed by atoms with Crippen molar-refractivity contribution >= 4 is 11.7 Å². The normalized spacial score (nSPS) is 12.0. The van der Waals surface area contributed by atoms with Crippen molar-refractivity contribution in [1.82, 2.24) is 15.1 Å². The minimum absolute atomic E-state index is 0.0129. The fourth-order valence-electron chi connectivity index (χ4n) is 2.88. The molecule has 0 aliphatic heterocycles. The second-order valence-electron chi connectivity index (χ2n) is 7.24. The lowest BCUT2D eigenvalue weighted by Crippen LogP contribution is -2.30. The quantitative estimate of drug-likeness (QED) is 0.737. The number of nitrogens with one attached hydrogen (secondary N) is 1. The predicted octanol–water partition coefficient (Wildman–Crippen LogP) is 3.53. The molecule has 0 aliphatic carbocycles. The Bertz CT molecular complexity index is 793. The number of amides is 1. The number of aromatic nitrogens is 2. The van der Waals surface area contributed by atoms with E-state index in [1.54, 1.807) is 0 Å². The Balaban J connectivity index is 1.75. The average molecular weight is 355 g/mol. The first-order valence-electron chi connectivity index (χ1n) is 9.14. The van der Waals surface area contributed by atoms with Gasteiger partial charge in [-0.15, -0.1) is 0 Å². The van der Waals surface area contributed by atoms with E-state index in [9.17, 15) is 9.59 Å². The second kappa shape index (κ2) is 8.79. The molecule has 1 heterocycles. The Morgan fingerprint density at radius 3 is 2.42 bits per heavy atom. The molecule has 5 nitrogen and oxygen atoms in total. The van der Waals surface area contributed by atoms with Crippen molar-refractivity contribution in [3.63, 3.8) is 0 Å². The molecule has 0 radical (unpaired) electrons. The van der Waals surface area contributed by atoms with Crippen LogP contribution in [-0.2, 0) is 11.3 Å². The number of Topliss-reactive ketones (excluding diaryl/α,β-unsaturated/α-hetero) is 1. The molecule has 5 heteroatoms. The smallest absolute Gasteiger partial charge is 0.220 e. The van der Waals surface area contributed by atoms with E-state index >= 15 is 0 Å². The lowest BCUT2D eigenvalue weighted by molar-refractivity contribution is -0.121. The van der Waals surface area contributed by atoms with Crippen LogP contribution in [0.15, 0.2) is 24.3 Å². The number of carbonyl (C=O) groups is 2. The van der Waals surface area contributed by atoms with Crippen molar-refractivity contribution in [2.75, 3.05) is 6.54 Å². The van der Waals surface area contributed by atoms with Gasteiger partial charge in [0.25, 0.3) is 0 Å². The van der Waals surface area contributed by atoms with Gasteiger partial charge in [0.05, 0.1) is 5.69 Å². The van der Waals surface area contributed by atoms with E-state index in [4.69, 9.17) is 0 Å². The molecule has 2 aromatic rings. The fourth-order valence-corrected chi connectivity index (χ4v) is 2.88. The van der Waals surface area contributed by atoms with Gasteiger partial charge in [0, 0.05) is 37.2 Å². The molecule has 1 N–H and O–H groups in total. The average Bonchev–Trinajstić information content (AvgIpc) is 2.90. The number of rotatable bonds is 8. The van der Waals surface area contributed by atoms with Gasteiger partial charge in [0.15, 0.2) is 5.78 Å². The summed E-state index contributed by atoms with van der Waals surface area (Å²) in [5.41, 5.74) is 5.07. The van der Waals surface area contributed by atoms with Crippen molar-refractivity contribution in [1.29, 1.82) is 0 Å². The molecule has 0 bridgehead atoms. The highest BCUT2D eigenvalue weighted by Gasteiger charge is 2.12. The monoisotopic (exact) mass is 355 g/mol. The van der Waals surface area contributed by atoms with Crippen LogP contribution in [-0.4, -0.2) is 28.0 Å². The number of nitrogens with zero attached hydrogens (tertiary/aromatic N) is 2. The van der Waals surface area contributed by atoms with Gasteiger partial charge in [-0.1, -0.05) is 19.1 Å². The lowest BCUT2D eigenvalue weighted by atomic mass is 10.0. The van der Waals surface area contributed by atoms with Gasteiger partial charge in [-0.3, -0.25) is 14.3 Å². The molecule has 1 amide bonds. The van der Waals surface area contributed by atoms with E-state index in [0.717, 1.165) is 29.1 Å². The van der Waals surface area contributed by atoms with Crippen LogP contribution in [0.2, 0.25) is 0 Å². The third-order valence-electron chi connectivity index (χ3n) is 4.64. The minimum atomic E-state index is -0.0811. The van der Waals surface area contributed by atoms with Gasteiger partial charge in [-0.2, -0.15) is 5.10 Å². The van der Waals surface area contributed by atoms with Gasteiger partial charge in [0.2, 0.25) is 5.91 Å². The number of benzene rings is 1. The van der Waals surface area contributed by atoms with Crippen LogP contribution < -0.4 is 5.32 Å². The first-order chi connectivity index (χ1) is 12.3. The summed E-state index contributed by atoms with van der Waals surface area (Å²) >= 11 is 0. The van der Waals surface area contributed by atoms with Crippen molar-refractivity contribution in [2.24, 2.45) is 5.92 Å². The summed E-state index contributed by atoms with van der Waals surface area (Å²) in [5, 5.41) is 7.37. The summed E-state index contributed by atoms with van der Waals surface area (Å²) in [6.45, 7) is 11.4. The zero-order valence-electron chi connectivity index (χ0n) is 16.4. The fraction of sp³-hybridized carbons (Fsp3) is 0.476. The number of carbonyl (C=O) groups excluding carboxylic acids is 2. The first-order valence-corrected chi connectivity index (χ1v) is 9.14. The molecule has 140 valence electrons. The topological polar surface area (TPSA) is 64.0 Å². The Hall–Kier alpha value is -2.43. The third kappa shape index (κ3) is 5.55. The van der Waals surface area contributed by atoms with E-state index in [1.165, 1.54) is 0 Å². The molecular formula is C21H29N3O2. The van der Waals surface area contributed by atoms with Crippen LogP contribution in [0.25, 0.3) is 0 Å². The van der Waals surface area contributed by atoms with E-state index in [2.05, 4.69) is 17.3 Å². The zero-order valence-corrected chi connectivity index (χ0v) is 16.4. The van der Waals surface area contributed by atoms with Crippen LogP contribution in [0.1, 0.15) is 52.6 Å². The summed E-state index contributed by atoms with van der Waals surface area (Å²) in [6.07, 6.45) is 0.457. The van der Waals surface area contributed by atoms with Crippen LogP contribution in [0.4, 0.5) is 0 Å². The number of ketones is 1. The Labute approximate surface area is 155 Å². The molecule has 26 heavy (non-hydrogen) atoms. The second-order valence-corrected chi connectivity index (χ2v) is 7.24. The van der Waals surface area contributed by atoms with Crippen LogP contribution in [0.5, 0.6) is 0 Å². The maximum atomic E-state index is 12.2. The predicted molar refractivity (Wildman–Crippen MR) is 103 cm³/mol. The van der Waals surface area contributed by atoms with Crippen molar-refractivity contribution < 1.29 is 9.59 Å². The van der Waals surface area contributed by atoms with Gasteiger partial charge in [-0.05, 0) is 56.9 Å². The maximum absolute atomic E-state index is 12.2. The van der Waals surface area contributed by atoms with E-state index in [1.807, 2.05) is 56.6 Å². The van der Waals surface area contributed by atoms with Gasteiger partial charge < -0.3 is 5.32 Å². The first kappa shape index (κ1) is 19.9. The highest BCUT2D eigenvalue weighted by Crippen LogP contribution is 2.12. The van der Waals surface area contributed by atoms with E-state index in [0.29, 0.717) is 12.1 Å². The third-order valence-corrected chi connectivity index (χ3v) is 4.64. The molecule has 0 spiro atoms. The highest BCUT2D eigenvalue weighted by atomic mass is 16.2. The molecular weight excluding hydrogens is 326 g/mol. The Kier molecular flexibility index (Phi) is 6.72. The van der Waals surface area contributed by atoms with Crippen LogP contribution in [0.3, 0.4) is 0 Å². The van der Waals surface area contributed by atoms with Crippen molar-refractivity contribution in [2.45, 2.75) is 54.0 Å². The number of aryl methyl sites for hydroxylation is 4. The van der Waals surface area contributed by atoms with E-state index in [-0.39, 0.29) is 30.4 Å². The Morgan fingerprint density at radius 1 is 1.08 bits per heavy atom. The lowest BCUT2D eigenvalue weighted by Gasteiger charge is -2.14. The van der Waals surface area contributed by atoms with Gasteiger partial charge in [-0.25, -0.2) is 0 Å². The summed E-state index contributed by atoms with van der Waals surface area (Å²) in [5.74, 6) is 0.203. The largest absolute Gasteiger partial charge is 0.356 e. The zero-order chi connectivity index (χ0) is 19.3. The number of hydrogen-bond donors (Lipinski definition) is 1. The molecule has 0 saturated carbocycles. The molecule has 0 saturated heterocycles. The van der Waals surface area contributed by atoms with Gasteiger partial charge >= 0.3 is 0 Å². The van der Waals surface area contributed by atoms with Crippen molar-refractivity contribution in [3.05, 3.63) is 52.3 Å². The summed E-state index contributed by atoms with van der Waals surface area (Å²) in [4.78, 5) is 24.3. The molecule has 0 fully saturated rings. The Morgan fingerprint density at radius 2 is 1.81 bits per heavy atom. The molecule has 1 atom stereocenters. The molecule has 1 unspecified atom stereocenters. The summed E-state index contributed by atoms with van der Waals surface area (Å²) in [6, 6.07) is 7.72. The highest BCUT2D eigenvalue weighted by molar-refractivity contribution is 5.98. The van der Waals surface area contributed by atoms with Gasteiger partial charge in [0.1, 0.15) is 0 Å². The molecule has 0 aliphatic rings. The summed E-state index contributed by atoms with van der Waals surface area (Å²) in [7, 11) is 0. The van der Waals surface area contributed by atoms with Crippen LogP contribution >= 0.6 is 0 Å². The maximum Gasteiger partial charge on any atom is 0.220 e. The van der Waals surface area contributed by atoms with Crippen LogP contribution in [0, 0.1) is 33.6 Å². The molecule has 2 rings (SSSR count). The van der Waals surface area contributed by atoms with E-state index < -0.39 is 0 Å². The van der Waals surface area contributed by atoms with Crippen molar-refractivity contribution in [3.8, 4) is 0 Å². The summed E-state index contributed by atoms with van der Waals surface area (Å²) < 4.78 is 1.97. The molecule has 1 aromatic carbocycles. The minimum Gasteiger partial charge on any atom is -0.356 e. The number of hydrogen-bond acceptors (Lipinski definition) is 3. The SMILES string of the molecule is Cc1cc(C)n(CC(C)CNC(=O)CCC(=O)c2ccc(C)c(C)c2)n1.